The second-order valence-corrected chi connectivity index (χ2v) is 6.41. The van der Waals surface area contributed by atoms with Gasteiger partial charge in [0.2, 0.25) is 0 Å². The predicted molar refractivity (Wildman–Crippen MR) is 93.7 cm³/mol. The molecule has 1 N–H and O–H groups in total. The topological polar surface area (TPSA) is 32.3 Å². The molecule has 1 atom stereocenters. The first-order valence-electron chi connectivity index (χ1n) is 8.60. The lowest BCUT2D eigenvalue weighted by molar-refractivity contribution is 0.0935. The molecule has 1 heterocycles. The zero-order chi connectivity index (χ0) is 17.6. The van der Waals surface area contributed by atoms with Crippen molar-refractivity contribution in [2.24, 2.45) is 0 Å². The molecule has 1 saturated heterocycles. The molecule has 0 aliphatic carbocycles. The Morgan fingerprint density at radius 2 is 1.92 bits per heavy atom. The van der Waals surface area contributed by atoms with Crippen molar-refractivity contribution in [2.45, 2.75) is 18.9 Å². The van der Waals surface area contributed by atoms with Crippen LogP contribution in [0, 0.1) is 11.6 Å². The Morgan fingerprint density at radius 3 is 2.68 bits per heavy atom. The van der Waals surface area contributed by atoms with Crippen LogP contribution in [0.2, 0.25) is 0 Å². The number of nitrogens with one attached hydrogen (secondary N) is 1. The third-order valence-electron chi connectivity index (χ3n) is 4.63. The van der Waals surface area contributed by atoms with Gasteiger partial charge in [-0.15, -0.1) is 0 Å². The molecule has 1 aliphatic rings. The van der Waals surface area contributed by atoms with Crippen LogP contribution in [0.5, 0.6) is 0 Å². The minimum atomic E-state index is -0.387. The number of hydrogen-bond acceptors (Lipinski definition) is 3. The maximum atomic E-state index is 13.3. The first kappa shape index (κ1) is 17.7. The Kier molecular flexibility index (Phi) is 5.89. The average molecular weight is 344 g/mol. The van der Waals surface area contributed by atoms with Crippen molar-refractivity contribution in [1.29, 1.82) is 0 Å². The number of Topliss-reactive ketones (excluding diaryl/α,β-unsaturated/α-hetero) is 1. The largest absolute Gasteiger partial charge is 0.314 e. The van der Waals surface area contributed by atoms with Gasteiger partial charge in [0.1, 0.15) is 11.6 Å². The lowest BCUT2D eigenvalue weighted by Gasteiger charge is -2.36. The molecule has 0 aromatic heterocycles. The number of ketones is 1. The fourth-order valence-electron chi connectivity index (χ4n) is 3.24. The van der Waals surface area contributed by atoms with Crippen LogP contribution in [0.4, 0.5) is 8.78 Å². The molecule has 0 bridgehead atoms. The molecular weight excluding hydrogens is 322 g/mol. The van der Waals surface area contributed by atoms with Crippen LogP contribution in [-0.4, -0.2) is 42.9 Å². The predicted octanol–water partition coefficient (Wildman–Crippen LogP) is 3.05. The Hall–Kier alpha value is -2.11. The summed E-state index contributed by atoms with van der Waals surface area (Å²) in [5.74, 6) is -0.663. The molecule has 0 spiro atoms. The van der Waals surface area contributed by atoms with E-state index in [9.17, 15) is 13.6 Å². The summed E-state index contributed by atoms with van der Waals surface area (Å²) in [5, 5.41) is 3.37. The van der Waals surface area contributed by atoms with Gasteiger partial charge in [0.05, 0.1) is 0 Å². The van der Waals surface area contributed by atoms with Gasteiger partial charge in [0, 0.05) is 44.2 Å². The minimum Gasteiger partial charge on any atom is -0.314 e. The molecule has 132 valence electrons. The highest BCUT2D eigenvalue weighted by atomic mass is 19.1. The van der Waals surface area contributed by atoms with E-state index < -0.39 is 0 Å². The highest BCUT2D eigenvalue weighted by Gasteiger charge is 2.23. The van der Waals surface area contributed by atoms with E-state index in [-0.39, 0.29) is 23.5 Å². The number of hydrogen-bond donors (Lipinski definition) is 1. The fraction of sp³-hybridized carbons (Fsp3) is 0.350. The van der Waals surface area contributed by atoms with Crippen molar-refractivity contribution in [1.82, 2.24) is 10.2 Å². The molecule has 2 aromatic carbocycles. The van der Waals surface area contributed by atoms with Gasteiger partial charge in [-0.1, -0.05) is 24.3 Å². The third kappa shape index (κ3) is 4.94. The molecule has 1 unspecified atom stereocenters. The van der Waals surface area contributed by atoms with Gasteiger partial charge in [-0.05, 0) is 36.2 Å². The molecule has 5 heteroatoms. The number of carbonyl (C=O) groups is 1. The zero-order valence-corrected chi connectivity index (χ0v) is 14.1. The highest BCUT2D eigenvalue weighted by molar-refractivity contribution is 5.96. The molecule has 1 fully saturated rings. The second kappa shape index (κ2) is 8.32. The van der Waals surface area contributed by atoms with E-state index in [2.05, 4.69) is 10.2 Å². The number of piperazine rings is 1. The molecule has 1 aliphatic heterocycles. The molecule has 0 radical (unpaired) electrons. The third-order valence-corrected chi connectivity index (χ3v) is 4.63. The van der Waals surface area contributed by atoms with Crippen LogP contribution in [0.3, 0.4) is 0 Å². The van der Waals surface area contributed by atoms with E-state index in [1.165, 1.54) is 24.3 Å². The Bertz CT molecular complexity index is 718. The molecule has 3 nitrogen and oxygen atoms in total. The van der Waals surface area contributed by atoms with E-state index in [1.807, 2.05) is 0 Å². The van der Waals surface area contributed by atoms with Gasteiger partial charge in [-0.25, -0.2) is 8.78 Å². The van der Waals surface area contributed by atoms with Gasteiger partial charge in [0.15, 0.2) is 5.78 Å². The first-order chi connectivity index (χ1) is 12.1. The number of nitrogens with zero attached hydrogens (tertiary/aromatic N) is 1. The standard InChI is InChI=1S/C20H22F2N2O/c21-17-6-4-15(5-7-17)12-19-14-23-9-11-24(19)10-8-20(25)16-2-1-3-18(22)13-16/h1-7,13,19,23H,8-12,14H2. The Morgan fingerprint density at radius 1 is 1.12 bits per heavy atom. The van der Waals surface area contributed by atoms with Crippen LogP contribution in [-0.2, 0) is 6.42 Å². The molecule has 0 saturated carbocycles. The lowest BCUT2D eigenvalue weighted by atomic mass is 10.0. The van der Waals surface area contributed by atoms with Crippen molar-refractivity contribution in [3.05, 3.63) is 71.3 Å². The summed E-state index contributed by atoms with van der Waals surface area (Å²) in [7, 11) is 0. The van der Waals surface area contributed by atoms with Gasteiger partial charge in [0.25, 0.3) is 0 Å². The van der Waals surface area contributed by atoms with Crippen molar-refractivity contribution < 1.29 is 13.6 Å². The van der Waals surface area contributed by atoms with Crippen LogP contribution < -0.4 is 5.32 Å². The van der Waals surface area contributed by atoms with Crippen LogP contribution in [0.1, 0.15) is 22.3 Å². The van der Waals surface area contributed by atoms with Gasteiger partial charge in [-0.2, -0.15) is 0 Å². The normalized spacial score (nSPS) is 18.2. The molecule has 2 aromatic rings. The summed E-state index contributed by atoms with van der Waals surface area (Å²) in [6.45, 7) is 3.23. The average Bonchev–Trinajstić information content (AvgIpc) is 2.62. The smallest absolute Gasteiger partial charge is 0.164 e. The maximum Gasteiger partial charge on any atom is 0.164 e. The SMILES string of the molecule is O=C(CCN1CCNCC1Cc1ccc(F)cc1)c1cccc(F)c1. The summed E-state index contributed by atoms with van der Waals surface area (Å²) in [6, 6.07) is 12.7. The van der Waals surface area contributed by atoms with E-state index >= 15 is 0 Å². The summed E-state index contributed by atoms with van der Waals surface area (Å²) < 4.78 is 26.3. The summed E-state index contributed by atoms with van der Waals surface area (Å²) in [6.07, 6.45) is 1.17. The quantitative estimate of drug-likeness (QED) is 0.818. The second-order valence-electron chi connectivity index (χ2n) is 6.41. The monoisotopic (exact) mass is 344 g/mol. The van der Waals surface area contributed by atoms with E-state index in [0.717, 1.165) is 31.6 Å². The maximum absolute atomic E-state index is 13.3. The lowest BCUT2D eigenvalue weighted by Crippen LogP contribution is -2.52. The minimum absolute atomic E-state index is 0.0430. The van der Waals surface area contributed by atoms with Crippen molar-refractivity contribution in [3.8, 4) is 0 Å². The van der Waals surface area contributed by atoms with Crippen LogP contribution >= 0.6 is 0 Å². The number of rotatable bonds is 6. The molecule has 0 amide bonds. The molecule has 25 heavy (non-hydrogen) atoms. The van der Waals surface area contributed by atoms with Gasteiger partial charge >= 0.3 is 0 Å². The zero-order valence-electron chi connectivity index (χ0n) is 14.1. The van der Waals surface area contributed by atoms with E-state index in [4.69, 9.17) is 0 Å². The molecule has 3 rings (SSSR count). The fourth-order valence-corrected chi connectivity index (χ4v) is 3.24. The van der Waals surface area contributed by atoms with Crippen LogP contribution in [0.25, 0.3) is 0 Å². The van der Waals surface area contributed by atoms with Crippen molar-refractivity contribution >= 4 is 5.78 Å². The highest BCUT2D eigenvalue weighted by Crippen LogP contribution is 2.14. The van der Waals surface area contributed by atoms with Gasteiger partial charge in [-0.3, -0.25) is 9.69 Å². The summed E-state index contributed by atoms with van der Waals surface area (Å²) in [5.41, 5.74) is 1.50. The number of halogens is 2. The number of carbonyl (C=O) groups excluding carboxylic acids is 1. The van der Waals surface area contributed by atoms with E-state index in [1.54, 1.807) is 24.3 Å². The Labute approximate surface area is 146 Å². The molecular formula is C20H22F2N2O. The Balaban J connectivity index is 1.59. The van der Waals surface area contributed by atoms with Crippen molar-refractivity contribution in [2.75, 3.05) is 26.2 Å². The first-order valence-corrected chi connectivity index (χ1v) is 8.60. The van der Waals surface area contributed by atoms with Crippen molar-refractivity contribution in [3.63, 3.8) is 0 Å². The van der Waals surface area contributed by atoms with Gasteiger partial charge < -0.3 is 5.32 Å². The van der Waals surface area contributed by atoms with E-state index in [0.29, 0.717) is 18.5 Å². The van der Waals surface area contributed by atoms with Crippen LogP contribution in [0.15, 0.2) is 48.5 Å². The summed E-state index contributed by atoms with van der Waals surface area (Å²) in [4.78, 5) is 14.6. The summed E-state index contributed by atoms with van der Waals surface area (Å²) >= 11 is 0. The number of benzene rings is 2.